The average Bonchev–Trinajstić information content (AvgIpc) is 2.40. The fourth-order valence-electron chi connectivity index (χ4n) is 2.21. The van der Waals surface area contributed by atoms with Crippen LogP contribution in [0.1, 0.15) is 18.4 Å². The lowest BCUT2D eigenvalue weighted by Gasteiger charge is -2.30. The maximum Gasteiger partial charge on any atom is 0.197 e. The van der Waals surface area contributed by atoms with Gasteiger partial charge in [0.15, 0.2) is 14.6 Å². The third-order valence-electron chi connectivity index (χ3n) is 3.46. The molecule has 0 aliphatic carbocycles. The molecule has 0 saturated carbocycles. The van der Waals surface area contributed by atoms with Gasteiger partial charge in [0, 0.05) is 0 Å². The van der Waals surface area contributed by atoms with Crippen LogP contribution in [0.2, 0.25) is 0 Å². The highest BCUT2D eigenvalue weighted by molar-refractivity contribution is 7.93. The first-order chi connectivity index (χ1) is 8.52. The molecule has 0 spiro atoms. The van der Waals surface area contributed by atoms with Crippen LogP contribution in [-0.4, -0.2) is 26.3 Å². The summed E-state index contributed by atoms with van der Waals surface area (Å²) < 4.78 is 23.9. The van der Waals surface area contributed by atoms with Gasteiger partial charge in [0.2, 0.25) is 0 Å². The van der Waals surface area contributed by atoms with E-state index in [1.807, 2.05) is 13.0 Å². The fraction of sp³-hybridized carbons (Fsp3) is 0.462. The Morgan fingerprint density at radius 2 is 1.78 bits per heavy atom. The highest BCUT2D eigenvalue weighted by Gasteiger charge is 2.45. The third-order valence-corrected chi connectivity index (χ3v) is 5.88. The second kappa shape index (κ2) is 4.71. The minimum atomic E-state index is -3.59. The van der Waals surface area contributed by atoms with Crippen molar-refractivity contribution in [1.82, 2.24) is 5.32 Å². The Morgan fingerprint density at radius 1 is 1.22 bits per heavy atom. The van der Waals surface area contributed by atoms with Crippen molar-refractivity contribution in [3.63, 3.8) is 0 Å². The van der Waals surface area contributed by atoms with E-state index in [0.29, 0.717) is 25.9 Å². The Labute approximate surface area is 108 Å². The number of sulfone groups is 1. The van der Waals surface area contributed by atoms with Gasteiger partial charge in [-0.1, -0.05) is 17.7 Å². The van der Waals surface area contributed by atoms with Gasteiger partial charge in [0.05, 0.1) is 11.0 Å². The first-order valence-electron chi connectivity index (χ1n) is 5.95. The molecule has 5 heteroatoms. The Kier molecular flexibility index (Phi) is 3.42. The van der Waals surface area contributed by atoms with Crippen LogP contribution in [0.4, 0.5) is 0 Å². The molecule has 1 fully saturated rings. The fourth-order valence-corrected chi connectivity index (χ4v) is 4.02. The van der Waals surface area contributed by atoms with Crippen molar-refractivity contribution in [3.8, 4) is 6.07 Å². The van der Waals surface area contributed by atoms with E-state index in [-0.39, 0.29) is 4.90 Å². The van der Waals surface area contributed by atoms with Gasteiger partial charge in [-0.25, -0.2) is 8.42 Å². The molecule has 0 aromatic heterocycles. The number of nitrogens with zero attached hydrogens (tertiary/aromatic N) is 1. The lowest BCUT2D eigenvalue weighted by molar-refractivity contribution is 0.444. The molecule has 0 bridgehead atoms. The molecule has 1 N–H and O–H groups in total. The van der Waals surface area contributed by atoms with E-state index < -0.39 is 14.6 Å². The summed E-state index contributed by atoms with van der Waals surface area (Å²) in [6, 6.07) is 8.75. The first-order valence-corrected chi connectivity index (χ1v) is 7.43. The number of rotatable bonds is 2. The van der Waals surface area contributed by atoms with Gasteiger partial charge in [-0.05, 0) is 45.0 Å². The topological polar surface area (TPSA) is 70.0 Å². The normalized spacial score (nSPS) is 19.1. The van der Waals surface area contributed by atoms with Crippen LogP contribution in [0.25, 0.3) is 0 Å². The van der Waals surface area contributed by atoms with Crippen LogP contribution < -0.4 is 5.32 Å². The quantitative estimate of drug-likeness (QED) is 0.877. The molecule has 2 rings (SSSR count). The van der Waals surface area contributed by atoms with Crippen molar-refractivity contribution in [3.05, 3.63) is 29.8 Å². The van der Waals surface area contributed by atoms with Gasteiger partial charge in [0.1, 0.15) is 0 Å². The maximum absolute atomic E-state index is 12.6. The number of hydrogen-bond donors (Lipinski definition) is 1. The molecule has 0 atom stereocenters. The van der Waals surface area contributed by atoms with Crippen molar-refractivity contribution in [2.24, 2.45) is 0 Å². The van der Waals surface area contributed by atoms with Gasteiger partial charge < -0.3 is 5.32 Å². The van der Waals surface area contributed by atoms with Crippen molar-refractivity contribution in [2.45, 2.75) is 29.4 Å². The number of nitriles is 1. The zero-order valence-electron chi connectivity index (χ0n) is 10.3. The van der Waals surface area contributed by atoms with E-state index >= 15 is 0 Å². The van der Waals surface area contributed by atoms with Crippen LogP contribution in [0.3, 0.4) is 0 Å². The Bertz CT molecular complexity index is 564. The smallest absolute Gasteiger partial charge is 0.197 e. The van der Waals surface area contributed by atoms with Gasteiger partial charge in [-0.15, -0.1) is 0 Å². The predicted molar refractivity (Wildman–Crippen MR) is 68.8 cm³/mol. The number of piperidine rings is 1. The molecule has 18 heavy (non-hydrogen) atoms. The van der Waals surface area contributed by atoms with Crippen LogP contribution in [-0.2, 0) is 9.84 Å². The summed E-state index contributed by atoms with van der Waals surface area (Å²) in [6.07, 6.45) is 0.694. The number of nitrogens with one attached hydrogen (secondary N) is 1. The zero-order valence-corrected chi connectivity index (χ0v) is 11.1. The van der Waals surface area contributed by atoms with Crippen molar-refractivity contribution >= 4 is 9.84 Å². The SMILES string of the molecule is Cc1ccc(S(=O)(=O)C2(C#N)CCNCC2)cc1. The summed E-state index contributed by atoms with van der Waals surface area (Å²) in [6.45, 7) is 3.04. The standard InChI is InChI=1S/C13H16N2O2S/c1-11-2-4-12(5-3-11)18(16,17)13(10-14)6-8-15-9-7-13/h2-5,15H,6-9H2,1H3. The van der Waals surface area contributed by atoms with Crippen molar-refractivity contribution in [2.75, 3.05) is 13.1 Å². The molecule has 1 aromatic rings. The zero-order chi connectivity index (χ0) is 13.2. The van der Waals surface area contributed by atoms with E-state index in [2.05, 4.69) is 5.32 Å². The summed E-state index contributed by atoms with van der Waals surface area (Å²) in [5, 5.41) is 12.4. The summed E-state index contributed by atoms with van der Waals surface area (Å²) in [5.74, 6) is 0. The predicted octanol–water partition coefficient (Wildman–Crippen LogP) is 1.41. The molecule has 96 valence electrons. The maximum atomic E-state index is 12.6. The van der Waals surface area contributed by atoms with Gasteiger partial charge in [-0.2, -0.15) is 5.26 Å². The van der Waals surface area contributed by atoms with Gasteiger partial charge >= 0.3 is 0 Å². The summed E-state index contributed by atoms with van der Waals surface area (Å²) in [7, 11) is -3.59. The number of hydrogen-bond acceptors (Lipinski definition) is 4. The highest BCUT2D eigenvalue weighted by Crippen LogP contribution is 2.33. The molecular formula is C13H16N2O2S. The van der Waals surface area contributed by atoms with Crippen LogP contribution in [0.5, 0.6) is 0 Å². The molecule has 0 amide bonds. The second-order valence-corrected chi connectivity index (χ2v) is 6.93. The lowest BCUT2D eigenvalue weighted by Crippen LogP contribution is -2.46. The average molecular weight is 264 g/mol. The largest absolute Gasteiger partial charge is 0.317 e. The lowest BCUT2D eigenvalue weighted by atomic mass is 9.99. The first kappa shape index (κ1) is 13.1. The second-order valence-electron chi connectivity index (χ2n) is 4.67. The number of benzene rings is 1. The third kappa shape index (κ3) is 2.02. The molecule has 1 aliphatic rings. The highest BCUT2D eigenvalue weighted by atomic mass is 32.2. The molecular weight excluding hydrogens is 248 g/mol. The Balaban J connectivity index is 2.47. The van der Waals surface area contributed by atoms with Gasteiger partial charge in [0.25, 0.3) is 0 Å². The minimum absolute atomic E-state index is 0.247. The Morgan fingerprint density at radius 3 is 2.28 bits per heavy atom. The van der Waals surface area contributed by atoms with E-state index in [4.69, 9.17) is 0 Å². The summed E-state index contributed by atoms with van der Waals surface area (Å²) in [4.78, 5) is 0.247. The minimum Gasteiger partial charge on any atom is -0.317 e. The molecule has 0 unspecified atom stereocenters. The van der Waals surface area contributed by atoms with E-state index in [1.54, 1.807) is 24.3 Å². The molecule has 0 radical (unpaired) electrons. The molecule has 1 heterocycles. The summed E-state index contributed by atoms with van der Waals surface area (Å²) >= 11 is 0. The molecule has 1 saturated heterocycles. The van der Waals surface area contributed by atoms with E-state index in [9.17, 15) is 13.7 Å². The number of aryl methyl sites for hydroxylation is 1. The molecule has 4 nitrogen and oxygen atoms in total. The van der Waals surface area contributed by atoms with Gasteiger partial charge in [-0.3, -0.25) is 0 Å². The van der Waals surface area contributed by atoms with Crippen LogP contribution in [0, 0.1) is 18.3 Å². The van der Waals surface area contributed by atoms with E-state index in [1.165, 1.54) is 0 Å². The van der Waals surface area contributed by atoms with Crippen LogP contribution in [0.15, 0.2) is 29.2 Å². The monoisotopic (exact) mass is 264 g/mol. The summed E-state index contributed by atoms with van der Waals surface area (Å²) in [5.41, 5.74) is 1.00. The Hall–Kier alpha value is -1.38. The molecule has 1 aromatic carbocycles. The van der Waals surface area contributed by atoms with E-state index in [0.717, 1.165) is 5.56 Å². The van der Waals surface area contributed by atoms with Crippen molar-refractivity contribution in [1.29, 1.82) is 5.26 Å². The van der Waals surface area contributed by atoms with Crippen molar-refractivity contribution < 1.29 is 8.42 Å². The molecule has 1 aliphatic heterocycles. The van der Waals surface area contributed by atoms with Crippen LogP contribution >= 0.6 is 0 Å².